The second-order valence-electron chi connectivity index (χ2n) is 6.30. The molecule has 0 fully saturated rings. The summed E-state index contributed by atoms with van der Waals surface area (Å²) in [6.07, 6.45) is 1.54. The fourth-order valence-corrected chi connectivity index (χ4v) is 3.16. The number of carbonyl (C=O) groups is 2. The SMILES string of the molecule is CC[C@H](C)N(C(=O)COC(=O)c1cc(S(N)(=O)=O)ccc1OC)[C@@H](C)CC. The van der Waals surface area contributed by atoms with Gasteiger partial charge in [0.1, 0.15) is 11.3 Å². The fraction of sp³-hybridized carbons (Fsp3) is 0.556. The molecule has 27 heavy (non-hydrogen) atoms. The molecule has 8 nitrogen and oxygen atoms in total. The Morgan fingerprint density at radius 2 is 1.70 bits per heavy atom. The maximum absolute atomic E-state index is 12.6. The zero-order chi connectivity index (χ0) is 20.8. The van der Waals surface area contributed by atoms with Crippen LogP contribution in [0.2, 0.25) is 0 Å². The predicted octanol–water partition coefficient (Wildman–Crippen LogP) is 1.93. The first-order chi connectivity index (χ1) is 12.6. The van der Waals surface area contributed by atoms with Gasteiger partial charge < -0.3 is 14.4 Å². The first-order valence-corrected chi connectivity index (χ1v) is 10.3. The smallest absolute Gasteiger partial charge is 0.342 e. The van der Waals surface area contributed by atoms with Crippen molar-refractivity contribution >= 4 is 21.9 Å². The van der Waals surface area contributed by atoms with E-state index in [-0.39, 0.29) is 34.2 Å². The molecule has 1 aromatic rings. The summed E-state index contributed by atoms with van der Waals surface area (Å²) in [6, 6.07) is 3.62. The van der Waals surface area contributed by atoms with Crippen LogP contribution in [0.5, 0.6) is 5.75 Å². The maximum atomic E-state index is 12.6. The average Bonchev–Trinajstić information content (AvgIpc) is 2.64. The quantitative estimate of drug-likeness (QED) is 0.633. The summed E-state index contributed by atoms with van der Waals surface area (Å²) in [5.41, 5.74) is -0.115. The van der Waals surface area contributed by atoms with Crippen LogP contribution in [0.4, 0.5) is 0 Å². The maximum Gasteiger partial charge on any atom is 0.342 e. The van der Waals surface area contributed by atoms with Gasteiger partial charge in [0.05, 0.1) is 12.0 Å². The van der Waals surface area contributed by atoms with Gasteiger partial charge in [0, 0.05) is 12.1 Å². The van der Waals surface area contributed by atoms with E-state index in [1.54, 1.807) is 4.90 Å². The number of ether oxygens (including phenoxy) is 2. The second kappa shape index (κ2) is 9.70. The van der Waals surface area contributed by atoms with E-state index in [1.165, 1.54) is 19.2 Å². The van der Waals surface area contributed by atoms with Crippen molar-refractivity contribution in [2.24, 2.45) is 5.14 Å². The number of methoxy groups -OCH3 is 1. The molecule has 0 heterocycles. The summed E-state index contributed by atoms with van der Waals surface area (Å²) < 4.78 is 33.2. The number of carbonyl (C=O) groups excluding carboxylic acids is 2. The number of hydrogen-bond donors (Lipinski definition) is 1. The number of amides is 1. The van der Waals surface area contributed by atoms with Crippen LogP contribution >= 0.6 is 0 Å². The van der Waals surface area contributed by atoms with Crippen LogP contribution in [0.25, 0.3) is 0 Å². The van der Waals surface area contributed by atoms with Crippen molar-refractivity contribution in [2.45, 2.75) is 57.5 Å². The van der Waals surface area contributed by atoms with Crippen molar-refractivity contribution in [3.8, 4) is 5.75 Å². The molecule has 0 saturated heterocycles. The van der Waals surface area contributed by atoms with Crippen LogP contribution in [0, 0.1) is 0 Å². The summed E-state index contributed by atoms with van der Waals surface area (Å²) in [7, 11) is -2.66. The lowest BCUT2D eigenvalue weighted by Crippen LogP contribution is -2.46. The number of esters is 1. The Morgan fingerprint density at radius 3 is 2.15 bits per heavy atom. The lowest BCUT2D eigenvalue weighted by molar-refractivity contribution is -0.139. The van der Waals surface area contributed by atoms with E-state index in [0.717, 1.165) is 18.9 Å². The van der Waals surface area contributed by atoms with Crippen molar-refractivity contribution in [1.82, 2.24) is 4.90 Å². The second-order valence-corrected chi connectivity index (χ2v) is 7.86. The molecule has 0 saturated carbocycles. The molecule has 1 aromatic carbocycles. The summed E-state index contributed by atoms with van der Waals surface area (Å²) in [5.74, 6) is -1.05. The first kappa shape index (κ1) is 22.9. The minimum atomic E-state index is -4.00. The lowest BCUT2D eigenvalue weighted by Gasteiger charge is -2.33. The van der Waals surface area contributed by atoms with Crippen molar-refractivity contribution in [1.29, 1.82) is 0 Å². The highest BCUT2D eigenvalue weighted by Crippen LogP contribution is 2.23. The highest BCUT2D eigenvalue weighted by atomic mass is 32.2. The average molecular weight is 400 g/mol. The summed E-state index contributed by atoms with van der Waals surface area (Å²) >= 11 is 0. The monoisotopic (exact) mass is 400 g/mol. The van der Waals surface area contributed by atoms with E-state index < -0.39 is 22.6 Å². The standard InChI is InChI=1S/C18H28N2O6S/c1-6-12(3)20(13(4)7-2)17(21)11-26-18(22)15-10-14(27(19,23)24)8-9-16(15)25-5/h8-10,12-13H,6-7,11H2,1-5H3,(H2,19,23,24)/t12-,13-/m0/s1. The van der Waals surface area contributed by atoms with Crippen LogP contribution in [-0.2, 0) is 19.6 Å². The number of primary sulfonamides is 1. The highest BCUT2D eigenvalue weighted by molar-refractivity contribution is 7.89. The lowest BCUT2D eigenvalue weighted by atomic mass is 10.1. The molecule has 9 heteroatoms. The fourth-order valence-electron chi connectivity index (χ4n) is 2.62. The van der Waals surface area contributed by atoms with Crippen LogP contribution in [0.1, 0.15) is 50.9 Å². The molecule has 0 spiro atoms. The molecule has 0 aliphatic heterocycles. The molecule has 0 aliphatic rings. The van der Waals surface area contributed by atoms with Gasteiger partial charge in [-0.1, -0.05) is 13.8 Å². The number of benzene rings is 1. The topological polar surface area (TPSA) is 116 Å². The largest absolute Gasteiger partial charge is 0.496 e. The molecular formula is C18H28N2O6S. The van der Waals surface area contributed by atoms with Crippen LogP contribution in [0.3, 0.4) is 0 Å². The molecule has 0 bridgehead atoms. The molecule has 2 N–H and O–H groups in total. The van der Waals surface area contributed by atoms with Crippen LogP contribution < -0.4 is 9.88 Å². The molecule has 0 aliphatic carbocycles. The van der Waals surface area contributed by atoms with Crippen LogP contribution in [0.15, 0.2) is 23.1 Å². The van der Waals surface area contributed by atoms with Gasteiger partial charge in [-0.3, -0.25) is 4.79 Å². The van der Waals surface area contributed by atoms with Gasteiger partial charge in [0.2, 0.25) is 10.0 Å². The van der Waals surface area contributed by atoms with Gasteiger partial charge in [0.25, 0.3) is 5.91 Å². The van der Waals surface area contributed by atoms with E-state index in [9.17, 15) is 18.0 Å². The van der Waals surface area contributed by atoms with Crippen LogP contribution in [-0.4, -0.2) is 51.0 Å². The number of rotatable bonds is 9. The molecule has 0 radical (unpaired) electrons. The van der Waals surface area contributed by atoms with E-state index in [0.29, 0.717) is 0 Å². The zero-order valence-electron chi connectivity index (χ0n) is 16.4. The molecule has 152 valence electrons. The first-order valence-electron chi connectivity index (χ1n) is 8.75. The molecule has 2 atom stereocenters. The van der Waals surface area contributed by atoms with Gasteiger partial charge in [-0.15, -0.1) is 0 Å². The van der Waals surface area contributed by atoms with Crippen molar-refractivity contribution < 1.29 is 27.5 Å². The third-order valence-corrected chi connectivity index (χ3v) is 5.38. The minimum Gasteiger partial charge on any atom is -0.496 e. The Bertz CT molecular complexity index is 768. The Kier molecular flexibility index (Phi) is 8.23. The van der Waals surface area contributed by atoms with Crippen molar-refractivity contribution in [3.05, 3.63) is 23.8 Å². The minimum absolute atomic E-state index is 0.00593. The third-order valence-electron chi connectivity index (χ3n) is 4.47. The van der Waals surface area contributed by atoms with E-state index in [4.69, 9.17) is 14.6 Å². The Morgan fingerprint density at radius 1 is 1.15 bits per heavy atom. The number of nitrogens with two attached hydrogens (primary N) is 1. The molecular weight excluding hydrogens is 372 g/mol. The number of nitrogens with zero attached hydrogens (tertiary/aromatic N) is 1. The van der Waals surface area contributed by atoms with Gasteiger partial charge in [0.15, 0.2) is 6.61 Å². The van der Waals surface area contributed by atoms with Gasteiger partial charge >= 0.3 is 5.97 Å². The third kappa shape index (κ3) is 5.93. The van der Waals surface area contributed by atoms with E-state index >= 15 is 0 Å². The molecule has 0 unspecified atom stereocenters. The molecule has 1 rings (SSSR count). The normalized spacial score (nSPS) is 13.6. The van der Waals surface area contributed by atoms with Crippen molar-refractivity contribution in [2.75, 3.05) is 13.7 Å². The Balaban J connectivity index is 3.00. The predicted molar refractivity (Wildman–Crippen MR) is 101 cm³/mol. The summed E-state index contributed by atoms with van der Waals surface area (Å²) in [6.45, 7) is 7.37. The van der Waals surface area contributed by atoms with Gasteiger partial charge in [-0.2, -0.15) is 0 Å². The summed E-state index contributed by atoms with van der Waals surface area (Å²) in [5, 5.41) is 5.09. The molecule has 0 aromatic heterocycles. The Labute approximate surface area is 160 Å². The van der Waals surface area contributed by atoms with E-state index in [1.807, 2.05) is 27.7 Å². The van der Waals surface area contributed by atoms with Gasteiger partial charge in [-0.05, 0) is 44.9 Å². The molecule has 1 amide bonds. The summed E-state index contributed by atoms with van der Waals surface area (Å²) in [4.78, 5) is 26.4. The van der Waals surface area contributed by atoms with Gasteiger partial charge in [-0.25, -0.2) is 18.4 Å². The zero-order valence-corrected chi connectivity index (χ0v) is 17.2. The number of sulfonamides is 1. The Hall–Kier alpha value is -2.13. The van der Waals surface area contributed by atoms with Crippen molar-refractivity contribution in [3.63, 3.8) is 0 Å². The highest BCUT2D eigenvalue weighted by Gasteiger charge is 2.25. The number of hydrogen-bond acceptors (Lipinski definition) is 6. The van der Waals surface area contributed by atoms with E-state index in [2.05, 4.69) is 0 Å².